The molecule has 0 spiro atoms. The normalized spacial score (nSPS) is 10.0. The third-order valence-electron chi connectivity index (χ3n) is 2.06. The van der Waals surface area contributed by atoms with E-state index in [2.05, 4.69) is 4.98 Å². The fourth-order valence-corrected chi connectivity index (χ4v) is 2.05. The summed E-state index contributed by atoms with van der Waals surface area (Å²) in [5.41, 5.74) is 1.61. The molecule has 0 aliphatic carbocycles. The zero-order valence-electron chi connectivity index (χ0n) is 8.08. The first-order chi connectivity index (χ1) is 7.72. The van der Waals surface area contributed by atoms with Crippen LogP contribution < -0.4 is 0 Å². The molecule has 4 nitrogen and oxygen atoms in total. The standard InChI is InChI=1S/C11H7NO3S/c13-6-7-1-2-9(12-5-7)8-3-4-16-10(8)11(14)15/h1-6H,(H,14,15). The average molecular weight is 233 g/mol. The first-order valence-corrected chi connectivity index (χ1v) is 5.32. The van der Waals surface area contributed by atoms with Crippen LogP contribution in [0, 0.1) is 0 Å². The number of carbonyl (C=O) groups excluding carboxylic acids is 1. The van der Waals surface area contributed by atoms with Crippen molar-refractivity contribution in [3.8, 4) is 11.3 Å². The molecular formula is C11H7NO3S. The molecule has 0 amide bonds. The predicted octanol–water partition coefficient (Wildman–Crippen LogP) is 2.32. The number of hydrogen-bond donors (Lipinski definition) is 1. The zero-order chi connectivity index (χ0) is 11.5. The Morgan fingerprint density at radius 3 is 2.75 bits per heavy atom. The van der Waals surface area contributed by atoms with Gasteiger partial charge in [0.05, 0.1) is 5.69 Å². The number of carboxylic acid groups (broad SMARTS) is 1. The Labute approximate surface area is 95.2 Å². The minimum atomic E-state index is -0.966. The molecule has 0 radical (unpaired) electrons. The smallest absolute Gasteiger partial charge is 0.346 e. The Kier molecular flexibility index (Phi) is 2.78. The van der Waals surface area contributed by atoms with Gasteiger partial charge >= 0.3 is 5.97 Å². The van der Waals surface area contributed by atoms with Crippen molar-refractivity contribution >= 4 is 23.6 Å². The second-order valence-electron chi connectivity index (χ2n) is 3.06. The van der Waals surface area contributed by atoms with E-state index in [9.17, 15) is 9.59 Å². The van der Waals surface area contributed by atoms with Gasteiger partial charge in [-0.3, -0.25) is 9.78 Å². The Balaban J connectivity index is 2.46. The van der Waals surface area contributed by atoms with Crippen molar-refractivity contribution in [1.29, 1.82) is 0 Å². The van der Waals surface area contributed by atoms with Crippen LogP contribution in [0.1, 0.15) is 20.0 Å². The lowest BCUT2D eigenvalue weighted by atomic mass is 10.1. The molecule has 0 aliphatic heterocycles. The van der Waals surface area contributed by atoms with Crippen molar-refractivity contribution in [2.75, 3.05) is 0 Å². The van der Waals surface area contributed by atoms with Crippen LogP contribution in [0.25, 0.3) is 11.3 Å². The Bertz CT molecular complexity index is 530. The monoisotopic (exact) mass is 233 g/mol. The molecular weight excluding hydrogens is 226 g/mol. The molecule has 5 heteroatoms. The summed E-state index contributed by atoms with van der Waals surface area (Å²) in [4.78, 5) is 25.7. The lowest BCUT2D eigenvalue weighted by Gasteiger charge is -1.99. The minimum Gasteiger partial charge on any atom is -0.477 e. The van der Waals surface area contributed by atoms with Crippen molar-refractivity contribution in [3.63, 3.8) is 0 Å². The van der Waals surface area contributed by atoms with Crippen molar-refractivity contribution < 1.29 is 14.7 Å². The van der Waals surface area contributed by atoms with Gasteiger partial charge in [0.15, 0.2) is 6.29 Å². The van der Waals surface area contributed by atoms with Crippen LogP contribution in [0.3, 0.4) is 0 Å². The van der Waals surface area contributed by atoms with Gasteiger partial charge in [-0.2, -0.15) is 0 Å². The fourth-order valence-electron chi connectivity index (χ4n) is 1.31. The summed E-state index contributed by atoms with van der Waals surface area (Å²) in [7, 11) is 0. The number of pyridine rings is 1. The molecule has 0 fully saturated rings. The van der Waals surface area contributed by atoms with Gasteiger partial charge in [-0.1, -0.05) is 0 Å². The number of hydrogen-bond acceptors (Lipinski definition) is 4. The van der Waals surface area contributed by atoms with E-state index < -0.39 is 5.97 Å². The topological polar surface area (TPSA) is 67.3 Å². The Morgan fingerprint density at radius 1 is 1.38 bits per heavy atom. The first kappa shape index (κ1) is 10.5. The second-order valence-corrected chi connectivity index (χ2v) is 3.98. The van der Waals surface area contributed by atoms with Crippen LogP contribution in [0.4, 0.5) is 0 Å². The van der Waals surface area contributed by atoms with Crippen LogP contribution in [0.5, 0.6) is 0 Å². The van der Waals surface area contributed by atoms with Crippen molar-refractivity contribution in [2.24, 2.45) is 0 Å². The average Bonchev–Trinajstić information content (AvgIpc) is 2.78. The summed E-state index contributed by atoms with van der Waals surface area (Å²) in [6.07, 6.45) is 2.12. The molecule has 0 saturated carbocycles. The summed E-state index contributed by atoms with van der Waals surface area (Å²) >= 11 is 1.15. The number of rotatable bonds is 3. The van der Waals surface area contributed by atoms with Crippen LogP contribution in [0.2, 0.25) is 0 Å². The highest BCUT2D eigenvalue weighted by Gasteiger charge is 2.13. The number of nitrogens with zero attached hydrogens (tertiary/aromatic N) is 1. The van der Waals surface area contributed by atoms with Crippen molar-refractivity contribution in [2.45, 2.75) is 0 Å². The molecule has 80 valence electrons. The van der Waals surface area contributed by atoms with Gasteiger partial charge in [0.2, 0.25) is 0 Å². The van der Waals surface area contributed by atoms with E-state index in [0.717, 1.165) is 11.3 Å². The molecule has 0 unspecified atom stereocenters. The van der Waals surface area contributed by atoms with E-state index in [1.165, 1.54) is 6.20 Å². The van der Waals surface area contributed by atoms with Crippen molar-refractivity contribution in [3.05, 3.63) is 40.2 Å². The molecule has 16 heavy (non-hydrogen) atoms. The van der Waals surface area contributed by atoms with Gasteiger partial charge in [0.25, 0.3) is 0 Å². The van der Waals surface area contributed by atoms with Crippen LogP contribution in [0.15, 0.2) is 29.8 Å². The minimum absolute atomic E-state index is 0.256. The third-order valence-corrected chi connectivity index (χ3v) is 2.96. The van der Waals surface area contributed by atoms with E-state index in [-0.39, 0.29) is 4.88 Å². The highest BCUT2D eigenvalue weighted by Crippen LogP contribution is 2.26. The number of aldehydes is 1. The third kappa shape index (κ3) is 1.85. The molecule has 2 aromatic rings. The maximum Gasteiger partial charge on any atom is 0.346 e. The van der Waals surface area contributed by atoms with E-state index in [4.69, 9.17) is 5.11 Å². The van der Waals surface area contributed by atoms with Gasteiger partial charge in [-0.05, 0) is 23.6 Å². The molecule has 2 aromatic heterocycles. The van der Waals surface area contributed by atoms with E-state index in [0.29, 0.717) is 23.1 Å². The molecule has 1 N–H and O–H groups in total. The maximum atomic E-state index is 10.9. The van der Waals surface area contributed by atoms with E-state index >= 15 is 0 Å². The summed E-state index contributed by atoms with van der Waals surface area (Å²) in [6.45, 7) is 0. The number of carbonyl (C=O) groups is 2. The lowest BCUT2D eigenvalue weighted by Crippen LogP contribution is -1.95. The first-order valence-electron chi connectivity index (χ1n) is 4.45. The SMILES string of the molecule is O=Cc1ccc(-c2ccsc2C(=O)O)nc1. The van der Waals surface area contributed by atoms with Crippen LogP contribution in [-0.2, 0) is 0 Å². The molecule has 0 saturated heterocycles. The predicted molar refractivity (Wildman–Crippen MR) is 59.9 cm³/mol. The molecule has 0 atom stereocenters. The molecule has 2 rings (SSSR count). The van der Waals surface area contributed by atoms with Gasteiger partial charge < -0.3 is 5.11 Å². The molecule has 0 bridgehead atoms. The van der Waals surface area contributed by atoms with E-state index in [1.54, 1.807) is 23.6 Å². The quantitative estimate of drug-likeness (QED) is 0.826. The molecule has 0 aromatic carbocycles. The number of aromatic carboxylic acids is 1. The lowest BCUT2D eigenvalue weighted by molar-refractivity contribution is 0.0702. The number of thiophene rings is 1. The van der Waals surface area contributed by atoms with Gasteiger partial charge in [-0.15, -0.1) is 11.3 Å². The van der Waals surface area contributed by atoms with Crippen LogP contribution in [-0.4, -0.2) is 22.3 Å². The summed E-state index contributed by atoms with van der Waals surface area (Å²) in [6, 6.07) is 4.95. The number of carboxylic acids is 1. The van der Waals surface area contributed by atoms with Crippen LogP contribution >= 0.6 is 11.3 Å². The highest BCUT2D eigenvalue weighted by atomic mass is 32.1. The summed E-state index contributed by atoms with van der Waals surface area (Å²) in [5, 5.41) is 10.6. The van der Waals surface area contributed by atoms with E-state index in [1.807, 2.05) is 0 Å². The Hall–Kier alpha value is -2.01. The Morgan fingerprint density at radius 2 is 2.19 bits per heavy atom. The summed E-state index contributed by atoms with van der Waals surface area (Å²) in [5.74, 6) is -0.966. The number of aromatic nitrogens is 1. The second kappa shape index (κ2) is 4.24. The molecule has 0 aliphatic rings. The molecule has 2 heterocycles. The highest BCUT2D eigenvalue weighted by molar-refractivity contribution is 7.12. The zero-order valence-corrected chi connectivity index (χ0v) is 8.90. The fraction of sp³-hybridized carbons (Fsp3) is 0. The van der Waals surface area contributed by atoms with Gasteiger partial charge in [-0.25, -0.2) is 4.79 Å². The largest absolute Gasteiger partial charge is 0.477 e. The maximum absolute atomic E-state index is 10.9. The van der Waals surface area contributed by atoms with Crippen molar-refractivity contribution in [1.82, 2.24) is 4.98 Å². The summed E-state index contributed by atoms with van der Waals surface area (Å²) < 4.78 is 0. The van der Waals surface area contributed by atoms with Gasteiger partial charge in [0.1, 0.15) is 4.88 Å². The van der Waals surface area contributed by atoms with Gasteiger partial charge in [0, 0.05) is 17.3 Å².